The van der Waals surface area contributed by atoms with Gasteiger partial charge in [-0.05, 0) is 29.8 Å². The Balaban J connectivity index is 1.50. The number of amides is 2. The van der Waals surface area contributed by atoms with Gasteiger partial charge in [-0.25, -0.2) is 0 Å². The van der Waals surface area contributed by atoms with E-state index in [1.54, 1.807) is 43.3 Å². The first-order valence-electron chi connectivity index (χ1n) is 8.33. The topological polar surface area (TPSA) is 106 Å². The van der Waals surface area contributed by atoms with Crippen molar-refractivity contribution in [1.82, 2.24) is 15.5 Å². The average Bonchev–Trinajstić information content (AvgIpc) is 3.26. The number of aryl methyl sites for hydroxylation is 1. The van der Waals surface area contributed by atoms with Gasteiger partial charge >= 0.3 is 0 Å². The monoisotopic (exact) mass is 364 g/mol. The van der Waals surface area contributed by atoms with Gasteiger partial charge in [-0.15, -0.1) is 0 Å². The van der Waals surface area contributed by atoms with Crippen LogP contribution in [0.1, 0.15) is 38.0 Å². The standard InChI is InChI=1S/C19H16N4O4/c1-11-21-17(23-27-11)10-26-16-5-3-2-4-14(16)19(25)22-13-7-6-12-9-20-18(24)15(12)8-13/h2-8H,9-10H2,1H3,(H,20,24)(H,22,25). The summed E-state index contributed by atoms with van der Waals surface area (Å²) in [6.07, 6.45) is 0. The van der Waals surface area contributed by atoms with E-state index in [9.17, 15) is 9.59 Å². The van der Waals surface area contributed by atoms with E-state index < -0.39 is 0 Å². The smallest absolute Gasteiger partial charge is 0.259 e. The molecule has 0 saturated carbocycles. The number of aromatic nitrogens is 2. The summed E-state index contributed by atoms with van der Waals surface area (Å²) in [6.45, 7) is 2.28. The maximum atomic E-state index is 12.7. The van der Waals surface area contributed by atoms with Crippen LogP contribution in [0.3, 0.4) is 0 Å². The van der Waals surface area contributed by atoms with Gasteiger partial charge in [0.05, 0.1) is 5.56 Å². The van der Waals surface area contributed by atoms with Gasteiger partial charge in [-0.3, -0.25) is 9.59 Å². The van der Waals surface area contributed by atoms with Crippen molar-refractivity contribution in [2.45, 2.75) is 20.1 Å². The molecule has 8 nitrogen and oxygen atoms in total. The molecule has 2 aromatic carbocycles. The maximum absolute atomic E-state index is 12.7. The van der Waals surface area contributed by atoms with E-state index in [0.717, 1.165) is 5.56 Å². The van der Waals surface area contributed by atoms with Gasteiger partial charge in [0.1, 0.15) is 5.75 Å². The summed E-state index contributed by atoms with van der Waals surface area (Å²) in [5, 5.41) is 9.32. The van der Waals surface area contributed by atoms with E-state index in [4.69, 9.17) is 9.26 Å². The van der Waals surface area contributed by atoms with Gasteiger partial charge < -0.3 is 19.9 Å². The van der Waals surface area contributed by atoms with Crippen molar-refractivity contribution in [2.24, 2.45) is 0 Å². The minimum absolute atomic E-state index is 0.0840. The lowest BCUT2D eigenvalue weighted by Gasteiger charge is -2.11. The van der Waals surface area contributed by atoms with Crippen LogP contribution in [0.15, 0.2) is 47.0 Å². The van der Waals surface area contributed by atoms with E-state index in [0.29, 0.717) is 40.8 Å². The number of hydrogen-bond acceptors (Lipinski definition) is 6. The van der Waals surface area contributed by atoms with E-state index in [1.807, 2.05) is 6.07 Å². The van der Waals surface area contributed by atoms with E-state index in [1.165, 1.54) is 0 Å². The highest BCUT2D eigenvalue weighted by Gasteiger charge is 2.20. The Kier molecular flexibility index (Phi) is 4.29. The van der Waals surface area contributed by atoms with Crippen LogP contribution >= 0.6 is 0 Å². The van der Waals surface area contributed by atoms with Crippen LogP contribution in [0, 0.1) is 6.92 Å². The van der Waals surface area contributed by atoms with Crippen LogP contribution < -0.4 is 15.4 Å². The third kappa shape index (κ3) is 3.50. The average molecular weight is 364 g/mol. The molecule has 1 aliphatic heterocycles. The molecule has 8 heteroatoms. The second-order valence-electron chi connectivity index (χ2n) is 6.02. The molecule has 2 N–H and O–H groups in total. The first kappa shape index (κ1) is 16.8. The lowest BCUT2D eigenvalue weighted by molar-refractivity contribution is 0.0964. The maximum Gasteiger partial charge on any atom is 0.259 e. The predicted molar refractivity (Wildman–Crippen MR) is 95.4 cm³/mol. The van der Waals surface area contributed by atoms with Crippen LogP contribution in [0.2, 0.25) is 0 Å². The van der Waals surface area contributed by atoms with E-state index >= 15 is 0 Å². The summed E-state index contributed by atoms with van der Waals surface area (Å²) in [6, 6.07) is 12.1. The van der Waals surface area contributed by atoms with Crippen LogP contribution in [0.4, 0.5) is 5.69 Å². The summed E-state index contributed by atoms with van der Waals surface area (Å²) in [5.74, 6) is 0.762. The Bertz CT molecular complexity index is 1030. The molecule has 0 saturated heterocycles. The molecule has 1 aliphatic rings. The fourth-order valence-electron chi connectivity index (χ4n) is 2.81. The van der Waals surface area contributed by atoms with E-state index in [2.05, 4.69) is 20.8 Å². The molecule has 136 valence electrons. The van der Waals surface area contributed by atoms with Crippen molar-refractivity contribution in [2.75, 3.05) is 5.32 Å². The Morgan fingerprint density at radius 3 is 2.96 bits per heavy atom. The normalized spacial score (nSPS) is 12.4. The van der Waals surface area contributed by atoms with Crippen molar-refractivity contribution < 1.29 is 18.8 Å². The molecule has 0 fully saturated rings. The van der Waals surface area contributed by atoms with Crippen molar-refractivity contribution >= 4 is 17.5 Å². The quantitative estimate of drug-likeness (QED) is 0.720. The van der Waals surface area contributed by atoms with Gasteiger partial charge in [0.25, 0.3) is 11.8 Å². The predicted octanol–water partition coefficient (Wildman–Crippen LogP) is 2.45. The summed E-state index contributed by atoms with van der Waals surface area (Å²) in [7, 11) is 0. The highest BCUT2D eigenvalue weighted by molar-refractivity contribution is 6.07. The number of nitrogens with zero attached hydrogens (tertiary/aromatic N) is 2. The SMILES string of the molecule is Cc1nc(COc2ccccc2C(=O)Nc2ccc3c(c2)C(=O)NC3)no1. The number of anilines is 1. The minimum Gasteiger partial charge on any atom is -0.485 e. The molecule has 27 heavy (non-hydrogen) atoms. The number of ether oxygens (including phenoxy) is 1. The highest BCUT2D eigenvalue weighted by atomic mass is 16.5. The molecule has 0 unspecified atom stereocenters. The lowest BCUT2D eigenvalue weighted by Crippen LogP contribution is -2.15. The molecular formula is C19H16N4O4. The number of carbonyl (C=O) groups is 2. The molecule has 0 bridgehead atoms. The summed E-state index contributed by atoms with van der Waals surface area (Å²) in [4.78, 5) is 28.5. The summed E-state index contributed by atoms with van der Waals surface area (Å²) >= 11 is 0. The zero-order valence-electron chi connectivity index (χ0n) is 14.5. The number of carbonyl (C=O) groups excluding carboxylic acids is 2. The molecule has 4 rings (SSSR count). The largest absolute Gasteiger partial charge is 0.485 e. The van der Waals surface area contributed by atoms with Gasteiger partial charge in [-0.1, -0.05) is 23.4 Å². The van der Waals surface area contributed by atoms with Crippen molar-refractivity contribution in [3.8, 4) is 5.75 Å². The third-order valence-corrected chi connectivity index (χ3v) is 4.11. The molecule has 1 aromatic heterocycles. The summed E-state index contributed by atoms with van der Waals surface area (Å²) < 4.78 is 10.6. The Morgan fingerprint density at radius 1 is 1.30 bits per heavy atom. The molecule has 0 atom stereocenters. The lowest BCUT2D eigenvalue weighted by atomic mass is 10.1. The number of benzene rings is 2. The van der Waals surface area contributed by atoms with E-state index in [-0.39, 0.29) is 18.4 Å². The second kappa shape index (κ2) is 6.91. The van der Waals surface area contributed by atoms with Crippen LogP contribution in [-0.4, -0.2) is 22.0 Å². The van der Waals surface area contributed by atoms with Crippen molar-refractivity contribution in [3.05, 3.63) is 70.9 Å². The highest BCUT2D eigenvalue weighted by Crippen LogP contribution is 2.23. The summed E-state index contributed by atoms with van der Waals surface area (Å²) in [5.41, 5.74) is 2.39. The van der Waals surface area contributed by atoms with Gasteiger partial charge in [-0.2, -0.15) is 4.98 Å². The van der Waals surface area contributed by atoms with Crippen molar-refractivity contribution in [3.63, 3.8) is 0 Å². The number of para-hydroxylation sites is 1. The Morgan fingerprint density at radius 2 is 2.15 bits per heavy atom. The minimum atomic E-state index is -0.340. The number of rotatable bonds is 5. The van der Waals surface area contributed by atoms with Gasteiger partial charge in [0.15, 0.2) is 6.61 Å². The van der Waals surface area contributed by atoms with Crippen LogP contribution in [-0.2, 0) is 13.2 Å². The first-order chi connectivity index (χ1) is 13.1. The number of nitrogens with one attached hydrogen (secondary N) is 2. The second-order valence-corrected chi connectivity index (χ2v) is 6.02. The fraction of sp³-hybridized carbons (Fsp3) is 0.158. The van der Waals surface area contributed by atoms with Gasteiger partial charge in [0, 0.05) is 24.7 Å². The third-order valence-electron chi connectivity index (χ3n) is 4.11. The fourth-order valence-corrected chi connectivity index (χ4v) is 2.81. The first-order valence-corrected chi connectivity index (χ1v) is 8.33. The molecule has 2 heterocycles. The molecule has 3 aromatic rings. The Hall–Kier alpha value is -3.68. The van der Waals surface area contributed by atoms with Crippen LogP contribution in [0.5, 0.6) is 5.75 Å². The number of fused-ring (bicyclic) bond motifs is 1. The zero-order valence-corrected chi connectivity index (χ0v) is 14.5. The number of hydrogen-bond donors (Lipinski definition) is 2. The zero-order chi connectivity index (χ0) is 18.8. The molecule has 0 radical (unpaired) electrons. The van der Waals surface area contributed by atoms with Crippen molar-refractivity contribution in [1.29, 1.82) is 0 Å². The van der Waals surface area contributed by atoms with Crippen LogP contribution in [0.25, 0.3) is 0 Å². The molecular weight excluding hydrogens is 348 g/mol. The molecule has 0 aliphatic carbocycles. The molecule has 2 amide bonds. The molecule has 0 spiro atoms. The Labute approximate surface area is 154 Å². The van der Waals surface area contributed by atoms with Gasteiger partial charge in [0.2, 0.25) is 11.7 Å².